The lowest BCUT2D eigenvalue weighted by molar-refractivity contribution is 1.28. The van der Waals surface area contributed by atoms with Crippen molar-refractivity contribution in [2.45, 2.75) is 0 Å². The van der Waals surface area contributed by atoms with Gasteiger partial charge in [0.1, 0.15) is 0 Å². The molecule has 1 aromatic heterocycles. The van der Waals surface area contributed by atoms with Gasteiger partial charge in [-0.2, -0.15) is 0 Å². The molecule has 0 saturated carbocycles. The number of para-hydroxylation sites is 1. The van der Waals surface area contributed by atoms with Crippen LogP contribution in [0, 0.1) is 0 Å². The monoisotopic (exact) mass is 553 g/mol. The first-order valence-electron chi connectivity index (χ1n) is 14.3. The van der Waals surface area contributed by atoms with E-state index >= 15 is 0 Å². The third kappa shape index (κ3) is 4.43. The fourth-order valence-corrected chi connectivity index (χ4v) is 7.09. The zero-order valence-electron chi connectivity index (χ0n) is 22.9. The number of rotatable bonds is 5. The van der Waals surface area contributed by atoms with Crippen molar-refractivity contribution in [2.24, 2.45) is 0 Å². The van der Waals surface area contributed by atoms with Crippen molar-refractivity contribution in [2.75, 3.05) is 4.90 Å². The van der Waals surface area contributed by atoms with Crippen LogP contribution in [0.4, 0.5) is 17.1 Å². The van der Waals surface area contributed by atoms with Gasteiger partial charge in [-0.15, -0.1) is 11.3 Å². The van der Waals surface area contributed by atoms with Gasteiger partial charge in [-0.25, -0.2) is 0 Å². The van der Waals surface area contributed by atoms with E-state index in [0.717, 1.165) is 17.1 Å². The zero-order chi connectivity index (χ0) is 27.9. The second-order valence-electron chi connectivity index (χ2n) is 10.6. The largest absolute Gasteiger partial charge is 0.310 e. The summed E-state index contributed by atoms with van der Waals surface area (Å²) in [5.41, 5.74) is 8.24. The summed E-state index contributed by atoms with van der Waals surface area (Å²) in [6.07, 6.45) is 0. The van der Waals surface area contributed by atoms with E-state index < -0.39 is 0 Å². The lowest BCUT2D eigenvalue weighted by Crippen LogP contribution is -2.10. The van der Waals surface area contributed by atoms with Crippen molar-refractivity contribution in [1.29, 1.82) is 0 Å². The molecular weight excluding hydrogens is 527 g/mol. The third-order valence-corrected chi connectivity index (χ3v) is 9.15. The standard InChI is InChI=1S/C40H27NS/c1-2-14-34(15-3-1)41(35-16-8-12-30(25-35)32-21-20-28-10-4-5-11-29(28)24-32)36-17-9-13-31(26-36)33-22-23-38-37-18-6-7-19-39(37)42-40(38)27-33/h1-27H. The van der Waals surface area contributed by atoms with E-state index in [1.807, 2.05) is 11.3 Å². The summed E-state index contributed by atoms with van der Waals surface area (Å²) in [5.74, 6) is 0. The average molecular weight is 554 g/mol. The highest BCUT2D eigenvalue weighted by Crippen LogP contribution is 2.40. The molecule has 1 heterocycles. The molecule has 0 spiro atoms. The molecule has 8 aromatic rings. The van der Waals surface area contributed by atoms with Crippen molar-refractivity contribution in [3.8, 4) is 22.3 Å². The van der Waals surface area contributed by atoms with Gasteiger partial charge in [0.05, 0.1) is 0 Å². The van der Waals surface area contributed by atoms with Crippen LogP contribution >= 0.6 is 11.3 Å². The molecule has 0 aliphatic rings. The zero-order valence-corrected chi connectivity index (χ0v) is 23.8. The van der Waals surface area contributed by atoms with Crippen LogP contribution in [0.25, 0.3) is 53.2 Å². The second-order valence-corrected chi connectivity index (χ2v) is 11.7. The quantitative estimate of drug-likeness (QED) is 0.205. The van der Waals surface area contributed by atoms with Crippen LogP contribution < -0.4 is 4.90 Å². The van der Waals surface area contributed by atoms with Crippen LogP contribution in [0.5, 0.6) is 0 Å². The molecule has 1 nitrogen and oxygen atoms in total. The normalized spacial score (nSPS) is 11.3. The Balaban J connectivity index is 1.23. The molecular formula is C40H27NS. The molecule has 0 saturated heterocycles. The molecule has 198 valence electrons. The van der Waals surface area contributed by atoms with Crippen molar-refractivity contribution in [3.63, 3.8) is 0 Å². The number of nitrogens with zero attached hydrogens (tertiary/aromatic N) is 1. The minimum absolute atomic E-state index is 1.13. The highest BCUT2D eigenvalue weighted by molar-refractivity contribution is 7.25. The molecule has 0 aliphatic heterocycles. The Morgan fingerprint density at radius 2 is 0.905 bits per heavy atom. The molecule has 8 rings (SSSR count). The first-order valence-corrected chi connectivity index (χ1v) is 15.1. The van der Waals surface area contributed by atoms with Gasteiger partial charge >= 0.3 is 0 Å². The summed E-state index contributed by atoms with van der Waals surface area (Å²) in [6, 6.07) is 59.2. The number of hydrogen-bond acceptors (Lipinski definition) is 2. The molecule has 0 radical (unpaired) electrons. The van der Waals surface area contributed by atoms with Crippen LogP contribution in [0.2, 0.25) is 0 Å². The SMILES string of the molecule is c1ccc(N(c2cccc(-c3ccc4ccccc4c3)c2)c2cccc(-c3ccc4c(c3)sc3ccccc34)c2)cc1. The van der Waals surface area contributed by atoms with Gasteiger partial charge < -0.3 is 4.90 Å². The average Bonchev–Trinajstić information content (AvgIpc) is 3.43. The molecule has 0 N–H and O–H groups in total. The smallest absolute Gasteiger partial charge is 0.0467 e. The molecule has 0 fully saturated rings. The minimum Gasteiger partial charge on any atom is -0.310 e. The van der Waals surface area contributed by atoms with Crippen LogP contribution in [0.3, 0.4) is 0 Å². The Morgan fingerprint density at radius 3 is 1.69 bits per heavy atom. The highest BCUT2D eigenvalue weighted by atomic mass is 32.1. The number of hydrogen-bond donors (Lipinski definition) is 0. The highest BCUT2D eigenvalue weighted by Gasteiger charge is 2.15. The summed E-state index contributed by atoms with van der Waals surface area (Å²) in [5, 5.41) is 5.17. The summed E-state index contributed by atoms with van der Waals surface area (Å²) in [4.78, 5) is 2.35. The summed E-state index contributed by atoms with van der Waals surface area (Å²) >= 11 is 1.86. The van der Waals surface area contributed by atoms with Gasteiger partial charge in [0, 0.05) is 37.2 Å². The molecule has 0 aliphatic carbocycles. The minimum atomic E-state index is 1.13. The Kier molecular flexibility index (Phi) is 6.05. The van der Waals surface area contributed by atoms with Gasteiger partial charge in [-0.1, -0.05) is 109 Å². The summed E-state index contributed by atoms with van der Waals surface area (Å²) in [6.45, 7) is 0. The maximum absolute atomic E-state index is 2.35. The lowest BCUT2D eigenvalue weighted by atomic mass is 10.00. The van der Waals surface area contributed by atoms with Gasteiger partial charge in [0.25, 0.3) is 0 Å². The van der Waals surface area contributed by atoms with E-state index in [1.165, 1.54) is 53.2 Å². The molecule has 0 bridgehead atoms. The predicted molar refractivity (Wildman–Crippen MR) is 182 cm³/mol. The number of benzene rings is 7. The van der Waals surface area contributed by atoms with E-state index in [2.05, 4.69) is 169 Å². The maximum atomic E-state index is 2.35. The maximum Gasteiger partial charge on any atom is 0.0467 e. The fourth-order valence-electron chi connectivity index (χ4n) is 5.95. The number of fused-ring (bicyclic) bond motifs is 4. The number of anilines is 3. The molecule has 7 aromatic carbocycles. The van der Waals surface area contributed by atoms with E-state index in [0.29, 0.717) is 0 Å². The van der Waals surface area contributed by atoms with E-state index in [1.54, 1.807) is 0 Å². The number of thiophene rings is 1. The van der Waals surface area contributed by atoms with Gasteiger partial charge in [-0.05, 0) is 87.6 Å². The predicted octanol–water partition coefficient (Wildman–Crippen LogP) is 12.0. The second kappa shape index (κ2) is 10.3. The Labute approximate surface area is 249 Å². The first kappa shape index (κ1) is 24.6. The van der Waals surface area contributed by atoms with Crippen molar-refractivity contribution < 1.29 is 0 Å². The molecule has 0 amide bonds. The summed E-state index contributed by atoms with van der Waals surface area (Å²) in [7, 11) is 0. The fraction of sp³-hybridized carbons (Fsp3) is 0. The van der Waals surface area contributed by atoms with E-state index in [9.17, 15) is 0 Å². The van der Waals surface area contributed by atoms with Crippen LogP contribution in [-0.2, 0) is 0 Å². The van der Waals surface area contributed by atoms with Crippen LogP contribution in [0.1, 0.15) is 0 Å². The molecule has 42 heavy (non-hydrogen) atoms. The van der Waals surface area contributed by atoms with Crippen molar-refractivity contribution >= 4 is 59.3 Å². The van der Waals surface area contributed by atoms with Gasteiger partial charge in [0.15, 0.2) is 0 Å². The molecule has 0 unspecified atom stereocenters. The Bertz CT molecular complexity index is 2210. The van der Waals surface area contributed by atoms with Crippen molar-refractivity contribution in [1.82, 2.24) is 0 Å². The van der Waals surface area contributed by atoms with Crippen molar-refractivity contribution in [3.05, 3.63) is 164 Å². The lowest BCUT2D eigenvalue weighted by Gasteiger charge is -2.26. The topological polar surface area (TPSA) is 3.24 Å². The van der Waals surface area contributed by atoms with Gasteiger partial charge in [0.2, 0.25) is 0 Å². The molecule has 0 atom stereocenters. The molecule has 2 heteroatoms. The third-order valence-electron chi connectivity index (χ3n) is 8.02. The van der Waals surface area contributed by atoms with E-state index in [4.69, 9.17) is 0 Å². The van der Waals surface area contributed by atoms with Crippen LogP contribution in [-0.4, -0.2) is 0 Å². The van der Waals surface area contributed by atoms with E-state index in [-0.39, 0.29) is 0 Å². The van der Waals surface area contributed by atoms with Crippen LogP contribution in [0.15, 0.2) is 164 Å². The summed E-state index contributed by atoms with van der Waals surface area (Å²) < 4.78 is 2.65. The van der Waals surface area contributed by atoms with Gasteiger partial charge in [-0.3, -0.25) is 0 Å². The Hall–Kier alpha value is -5.18. The Morgan fingerprint density at radius 1 is 0.333 bits per heavy atom. The first-order chi connectivity index (χ1) is 20.8.